The molecule has 1 fully saturated rings. The molecule has 0 spiro atoms. The Morgan fingerprint density at radius 3 is 2.80 bits per heavy atom. The number of nitrogens with one attached hydrogen (secondary N) is 1. The maximum Gasteiger partial charge on any atom is 0.141 e. The molecule has 1 unspecified atom stereocenters. The monoisotopic (exact) mass is 208 g/mol. The SMILES string of the molecule is CC1CC(NC(C)c2cncc(F)c2)C1. The van der Waals surface area contributed by atoms with Gasteiger partial charge in [-0.25, -0.2) is 4.39 Å². The lowest BCUT2D eigenvalue weighted by atomic mass is 9.81. The highest BCUT2D eigenvalue weighted by Crippen LogP contribution is 2.28. The second kappa shape index (κ2) is 4.27. The van der Waals surface area contributed by atoms with E-state index in [2.05, 4.69) is 24.1 Å². The third-order valence-corrected chi connectivity index (χ3v) is 3.09. The van der Waals surface area contributed by atoms with Crippen LogP contribution in [0.25, 0.3) is 0 Å². The van der Waals surface area contributed by atoms with E-state index in [1.165, 1.54) is 19.0 Å². The molecule has 2 nitrogen and oxygen atoms in total. The van der Waals surface area contributed by atoms with Gasteiger partial charge in [0.25, 0.3) is 0 Å². The van der Waals surface area contributed by atoms with Gasteiger partial charge in [-0.15, -0.1) is 0 Å². The molecule has 1 heterocycles. The van der Waals surface area contributed by atoms with Gasteiger partial charge in [0.15, 0.2) is 0 Å². The van der Waals surface area contributed by atoms with Gasteiger partial charge < -0.3 is 5.32 Å². The van der Waals surface area contributed by atoms with Gasteiger partial charge in [0.05, 0.1) is 6.20 Å². The maximum absolute atomic E-state index is 12.9. The molecule has 1 aliphatic carbocycles. The van der Waals surface area contributed by atoms with Gasteiger partial charge in [-0.2, -0.15) is 0 Å². The number of halogens is 1. The number of hydrogen-bond acceptors (Lipinski definition) is 2. The van der Waals surface area contributed by atoms with Crippen LogP contribution in [0.5, 0.6) is 0 Å². The first kappa shape index (κ1) is 10.6. The van der Waals surface area contributed by atoms with Crippen LogP contribution in [0.4, 0.5) is 4.39 Å². The van der Waals surface area contributed by atoms with Crippen LogP contribution in [0.15, 0.2) is 18.5 Å². The van der Waals surface area contributed by atoms with Gasteiger partial charge in [-0.1, -0.05) is 6.92 Å². The molecule has 1 aliphatic rings. The van der Waals surface area contributed by atoms with E-state index in [9.17, 15) is 4.39 Å². The van der Waals surface area contributed by atoms with E-state index < -0.39 is 0 Å². The molecule has 3 heteroatoms. The molecule has 0 aromatic carbocycles. The van der Waals surface area contributed by atoms with Crippen molar-refractivity contribution in [1.82, 2.24) is 10.3 Å². The molecule has 0 aliphatic heterocycles. The molecule has 15 heavy (non-hydrogen) atoms. The highest BCUT2D eigenvalue weighted by molar-refractivity contribution is 5.14. The number of aromatic nitrogens is 1. The van der Waals surface area contributed by atoms with E-state index in [4.69, 9.17) is 0 Å². The smallest absolute Gasteiger partial charge is 0.141 e. The lowest BCUT2D eigenvalue weighted by Crippen LogP contribution is -2.41. The molecule has 1 N–H and O–H groups in total. The van der Waals surface area contributed by atoms with Gasteiger partial charge >= 0.3 is 0 Å². The molecule has 82 valence electrons. The van der Waals surface area contributed by atoms with Crippen molar-refractivity contribution in [2.45, 2.75) is 38.8 Å². The molecule has 0 amide bonds. The fourth-order valence-corrected chi connectivity index (χ4v) is 2.15. The number of nitrogens with zero attached hydrogens (tertiary/aromatic N) is 1. The summed E-state index contributed by atoms with van der Waals surface area (Å²) in [6.07, 6.45) is 5.42. The molecular formula is C12H17FN2. The zero-order valence-corrected chi connectivity index (χ0v) is 9.20. The fourth-order valence-electron chi connectivity index (χ4n) is 2.15. The lowest BCUT2D eigenvalue weighted by molar-refractivity contribution is 0.226. The molecule has 2 rings (SSSR count). The predicted octanol–water partition coefficient (Wildman–Crippen LogP) is 2.67. The largest absolute Gasteiger partial charge is 0.307 e. The molecule has 0 saturated heterocycles. The van der Waals surface area contributed by atoms with Crippen LogP contribution in [0.2, 0.25) is 0 Å². The maximum atomic E-state index is 12.9. The van der Waals surface area contributed by atoms with Crippen LogP contribution in [-0.4, -0.2) is 11.0 Å². The third-order valence-electron chi connectivity index (χ3n) is 3.09. The second-order valence-electron chi connectivity index (χ2n) is 4.60. The van der Waals surface area contributed by atoms with E-state index >= 15 is 0 Å². The van der Waals surface area contributed by atoms with Crippen LogP contribution in [0.1, 0.15) is 38.3 Å². The summed E-state index contributed by atoms with van der Waals surface area (Å²) in [5, 5.41) is 3.48. The summed E-state index contributed by atoms with van der Waals surface area (Å²) in [5.41, 5.74) is 0.926. The van der Waals surface area contributed by atoms with Gasteiger partial charge in [-0.05, 0) is 37.3 Å². The first-order valence-corrected chi connectivity index (χ1v) is 5.51. The molecule has 1 saturated carbocycles. The van der Waals surface area contributed by atoms with Gasteiger partial charge in [0, 0.05) is 18.3 Å². The molecule has 0 bridgehead atoms. The Morgan fingerprint density at radius 1 is 1.47 bits per heavy atom. The molecule has 1 aromatic rings. The minimum atomic E-state index is -0.261. The van der Waals surface area contributed by atoms with Crippen LogP contribution < -0.4 is 5.32 Å². The normalized spacial score (nSPS) is 27.1. The molecule has 1 atom stereocenters. The third kappa shape index (κ3) is 2.53. The van der Waals surface area contributed by atoms with Crippen molar-refractivity contribution in [1.29, 1.82) is 0 Å². The Bertz CT molecular complexity index is 334. The number of rotatable bonds is 3. The van der Waals surface area contributed by atoms with Crippen LogP contribution in [0.3, 0.4) is 0 Å². The van der Waals surface area contributed by atoms with Crippen molar-refractivity contribution < 1.29 is 4.39 Å². The number of hydrogen-bond donors (Lipinski definition) is 1. The van der Waals surface area contributed by atoms with Crippen LogP contribution in [0, 0.1) is 11.7 Å². The van der Waals surface area contributed by atoms with E-state index in [0.29, 0.717) is 6.04 Å². The van der Waals surface area contributed by atoms with Gasteiger partial charge in [0.2, 0.25) is 0 Å². The predicted molar refractivity (Wildman–Crippen MR) is 57.9 cm³/mol. The minimum Gasteiger partial charge on any atom is -0.307 e. The van der Waals surface area contributed by atoms with Crippen LogP contribution in [-0.2, 0) is 0 Å². The molecule has 1 aromatic heterocycles. The lowest BCUT2D eigenvalue weighted by Gasteiger charge is -2.35. The first-order valence-electron chi connectivity index (χ1n) is 5.51. The Morgan fingerprint density at radius 2 is 2.20 bits per heavy atom. The highest BCUT2D eigenvalue weighted by Gasteiger charge is 2.26. The van der Waals surface area contributed by atoms with E-state index in [-0.39, 0.29) is 11.9 Å². The van der Waals surface area contributed by atoms with Crippen molar-refractivity contribution in [3.63, 3.8) is 0 Å². The summed E-state index contributed by atoms with van der Waals surface area (Å²) in [6.45, 7) is 4.31. The minimum absolute atomic E-state index is 0.186. The van der Waals surface area contributed by atoms with E-state index in [0.717, 1.165) is 11.5 Å². The zero-order valence-electron chi connectivity index (χ0n) is 9.20. The summed E-state index contributed by atoms with van der Waals surface area (Å²) in [6, 6.07) is 2.33. The Kier molecular flexibility index (Phi) is 3.00. The summed E-state index contributed by atoms with van der Waals surface area (Å²) in [7, 11) is 0. The van der Waals surface area contributed by atoms with Crippen molar-refractivity contribution in [2.75, 3.05) is 0 Å². The van der Waals surface area contributed by atoms with Crippen molar-refractivity contribution in [3.8, 4) is 0 Å². The van der Waals surface area contributed by atoms with Crippen molar-refractivity contribution in [3.05, 3.63) is 29.8 Å². The highest BCUT2D eigenvalue weighted by atomic mass is 19.1. The average molecular weight is 208 g/mol. The standard InChI is InChI=1S/C12H17FN2/c1-8-3-12(4-8)15-9(2)10-5-11(13)7-14-6-10/h5-9,12,15H,3-4H2,1-2H3. The quantitative estimate of drug-likeness (QED) is 0.826. The Balaban J connectivity index is 1.93. The van der Waals surface area contributed by atoms with Gasteiger partial charge in [-0.3, -0.25) is 4.98 Å². The summed E-state index contributed by atoms with van der Waals surface area (Å²) >= 11 is 0. The first-order chi connectivity index (χ1) is 7.15. The summed E-state index contributed by atoms with van der Waals surface area (Å²) in [5.74, 6) is 0.573. The van der Waals surface area contributed by atoms with Crippen molar-refractivity contribution >= 4 is 0 Å². The van der Waals surface area contributed by atoms with Crippen LogP contribution >= 0.6 is 0 Å². The Hall–Kier alpha value is -0.960. The fraction of sp³-hybridized carbons (Fsp3) is 0.583. The van der Waals surface area contributed by atoms with E-state index in [1.807, 2.05) is 0 Å². The second-order valence-corrected chi connectivity index (χ2v) is 4.60. The topological polar surface area (TPSA) is 24.9 Å². The Labute approximate surface area is 89.9 Å². The van der Waals surface area contributed by atoms with E-state index in [1.54, 1.807) is 12.3 Å². The zero-order chi connectivity index (χ0) is 10.8. The average Bonchev–Trinajstić information content (AvgIpc) is 2.15. The number of pyridine rings is 1. The van der Waals surface area contributed by atoms with Gasteiger partial charge in [0.1, 0.15) is 5.82 Å². The summed E-state index contributed by atoms with van der Waals surface area (Å²) in [4.78, 5) is 3.86. The summed E-state index contributed by atoms with van der Waals surface area (Å²) < 4.78 is 12.9. The van der Waals surface area contributed by atoms with Crippen molar-refractivity contribution in [2.24, 2.45) is 5.92 Å². The molecule has 0 radical (unpaired) electrons. The molecular weight excluding hydrogens is 191 g/mol.